The minimum Gasteiger partial charge on any atom is -0.475 e. The number of amides is 4. The fourth-order valence-electron chi connectivity index (χ4n) is 14.5. The lowest BCUT2D eigenvalue weighted by Gasteiger charge is -2.21. The van der Waals surface area contributed by atoms with Gasteiger partial charge in [0.1, 0.15) is 40.7 Å². The Kier molecular flexibility index (Phi) is 39.4. The van der Waals surface area contributed by atoms with Gasteiger partial charge in [0.2, 0.25) is 5.91 Å². The number of carbonyl (C=O) groups is 8. The molecule has 5 aliphatic rings. The first kappa shape index (κ1) is 110. The Balaban J connectivity index is 0.000000208. The average molecular weight is 1980 g/mol. The molecule has 4 amide bonds. The molecule has 17 rings (SSSR count). The van der Waals surface area contributed by atoms with Gasteiger partial charge < -0.3 is 66.0 Å². The largest absolute Gasteiger partial charge is 0.490 e. The minimum atomic E-state index is -5.08. The number of aromatic nitrogens is 14. The van der Waals surface area contributed by atoms with E-state index in [1.54, 1.807) is 63.9 Å². The fourth-order valence-corrected chi connectivity index (χ4v) is 14.5. The highest BCUT2D eigenvalue weighted by atomic mass is 19.4. The monoisotopic (exact) mass is 1980 g/mol. The SMILES string of the molecule is C.C.Cc1c(F)ccc(C(=O)Nc2nn(C)c3nc(N4CCCC4)ccc23)c1F.Cc1ccc(Cn2nc(NC(=O)C3CCOCC3)c3ccc(N4CCCC4)nc32)cc1.Cn1nc(C(=O)Nc2ccccn2)c2ccc(N3CCCCCC3)nc21.Cn1nc(C(=O)Nc2cccnc2)c2ccc(N3CCCCCC3)nc21.O=C(O)C(F)(F)F.O=C(O)C(F)(F)F.O=C(O)C(F)(F)F.O=C(O)C(F)(F)F. The normalized spacial score (nSPS) is 14.4. The van der Waals surface area contributed by atoms with E-state index in [0.717, 1.165) is 152 Å². The number of hydrogen-bond acceptors (Lipinski definition) is 23. The van der Waals surface area contributed by atoms with Gasteiger partial charge in [-0.15, -0.1) is 0 Å². The number of nitrogens with one attached hydrogen (secondary N) is 4. The van der Waals surface area contributed by atoms with E-state index in [0.29, 0.717) is 65.3 Å². The van der Waals surface area contributed by atoms with Gasteiger partial charge in [-0.3, -0.25) is 24.2 Å². The number of alkyl halides is 12. The number of carbonyl (C=O) groups excluding carboxylic acids is 4. The molecule has 0 atom stereocenters. The molecule has 8 N–H and O–H groups in total. The summed E-state index contributed by atoms with van der Waals surface area (Å²) in [5.41, 5.74) is 6.24. The topological polar surface area (TPSA) is 436 Å². The second-order valence-electron chi connectivity index (χ2n) is 31.7. The summed E-state index contributed by atoms with van der Waals surface area (Å²) in [5, 5.41) is 60.7. The molecule has 2 aromatic carbocycles. The number of pyridine rings is 6. The number of nitrogens with zero attached hydrogens (tertiary/aromatic N) is 18. The molecule has 0 unspecified atom stereocenters. The van der Waals surface area contributed by atoms with Crippen molar-refractivity contribution in [3.05, 3.63) is 179 Å². The van der Waals surface area contributed by atoms with Crippen molar-refractivity contribution in [1.29, 1.82) is 0 Å². The molecule has 0 spiro atoms. The molecular formula is C91H104F14N22O13. The summed E-state index contributed by atoms with van der Waals surface area (Å²) in [4.78, 5) is 123. The van der Waals surface area contributed by atoms with Crippen LogP contribution >= 0.6 is 0 Å². The van der Waals surface area contributed by atoms with E-state index < -0.39 is 66.1 Å². The van der Waals surface area contributed by atoms with Crippen molar-refractivity contribution in [1.82, 2.24) is 69.0 Å². The predicted molar refractivity (Wildman–Crippen MR) is 491 cm³/mol. The highest BCUT2D eigenvalue weighted by Gasteiger charge is 2.41. The maximum absolute atomic E-state index is 14.2. The van der Waals surface area contributed by atoms with Crippen molar-refractivity contribution in [2.75, 3.05) is 106 Å². The van der Waals surface area contributed by atoms with Crippen LogP contribution in [-0.4, -0.2) is 227 Å². The molecule has 754 valence electrons. The molecule has 49 heteroatoms. The van der Waals surface area contributed by atoms with Crippen LogP contribution < -0.4 is 40.9 Å². The summed E-state index contributed by atoms with van der Waals surface area (Å²) in [7, 11) is 5.38. The van der Waals surface area contributed by atoms with Crippen LogP contribution in [0.15, 0.2) is 134 Å². The third-order valence-electron chi connectivity index (χ3n) is 21.6. The van der Waals surface area contributed by atoms with Crippen molar-refractivity contribution in [3.63, 3.8) is 0 Å². The standard InChI is InChI=1S/C24H29N5O2.C19H19F2N5O.2C19H22N6O.4C2HF3O2.2CH4/c1-17-4-6-18(7-5-17)16-29-23-20(8-9-21(25-23)28-12-2-3-13-28)22(27-29)26-24(30)19-10-14-31-15-11-19;1-11-14(20)7-5-12(16(11)21)19(27)23-17-13-6-8-15(26-9-3-4-10-26)22-18(13)25(2)24-17;1-24-18-14(9-10-16(22-18)25-12-6-2-3-7-13-25)17(23-24)19(26)21-15-8-4-5-11-20-15;1-24-18-15(8-9-16(22-18)25-11-4-2-3-5-12-25)17(23-24)19(26)21-14-7-6-10-20-13-14;4*3-2(4,5)1(6)7;;/h4-9,19H,2-3,10-16H2,1H3,(H,26,27,30);5-8H,3-4,9-10H2,1-2H3,(H,23,24,27);4-5,8-11H,2-3,6-7,12-13H2,1H3,(H,20,21,26);6-10,13H,2-5,11-12H2,1H3,(H,21,26);4*(H,6,7);2*1H4. The van der Waals surface area contributed by atoms with Crippen molar-refractivity contribution in [2.45, 2.75) is 150 Å². The van der Waals surface area contributed by atoms with Crippen LogP contribution in [0.1, 0.15) is 153 Å². The van der Waals surface area contributed by atoms with Crippen LogP contribution in [0.4, 0.5) is 108 Å². The second kappa shape index (κ2) is 50.0. The van der Waals surface area contributed by atoms with E-state index in [9.17, 15) is 80.6 Å². The molecule has 140 heavy (non-hydrogen) atoms. The zero-order chi connectivity index (χ0) is 101. The van der Waals surface area contributed by atoms with Crippen molar-refractivity contribution in [3.8, 4) is 0 Å². The third-order valence-corrected chi connectivity index (χ3v) is 21.6. The van der Waals surface area contributed by atoms with E-state index in [-0.39, 0.29) is 49.6 Å². The van der Waals surface area contributed by atoms with E-state index in [4.69, 9.17) is 64.4 Å². The van der Waals surface area contributed by atoms with E-state index in [1.165, 1.54) is 76.7 Å². The Bertz CT molecular complexity index is 5960. The average Bonchev–Trinajstić information content (AvgIpc) is 1.65. The maximum atomic E-state index is 14.2. The second-order valence-corrected chi connectivity index (χ2v) is 31.7. The highest BCUT2D eigenvalue weighted by molar-refractivity contribution is 6.12. The zero-order valence-corrected chi connectivity index (χ0v) is 74.8. The number of benzene rings is 2. The van der Waals surface area contributed by atoms with Gasteiger partial charge in [-0.1, -0.05) is 76.4 Å². The van der Waals surface area contributed by atoms with E-state index in [1.807, 2.05) is 67.3 Å². The number of anilines is 8. The molecule has 35 nitrogen and oxygen atoms in total. The number of halogens is 14. The molecule has 5 saturated heterocycles. The first-order valence-corrected chi connectivity index (χ1v) is 43.1. The molecule has 0 aliphatic carbocycles. The summed E-state index contributed by atoms with van der Waals surface area (Å²) in [6.45, 7) is 13.4. The summed E-state index contributed by atoms with van der Waals surface area (Å²) in [5.74, 6) is -8.64. The van der Waals surface area contributed by atoms with Gasteiger partial charge in [0, 0.05) is 111 Å². The Labute approximate surface area is 791 Å². The number of carboxylic acids is 4. The van der Waals surface area contributed by atoms with Crippen LogP contribution in [0.5, 0.6) is 0 Å². The fraction of sp³-hybridized carbons (Fsp3) is 0.407. The molecule has 15 heterocycles. The number of aryl methyl sites for hydroxylation is 4. The highest BCUT2D eigenvalue weighted by Crippen LogP contribution is 2.33. The first-order chi connectivity index (χ1) is 65.3. The predicted octanol–water partition coefficient (Wildman–Crippen LogP) is 17.0. The van der Waals surface area contributed by atoms with Gasteiger partial charge in [0.05, 0.1) is 45.5 Å². The van der Waals surface area contributed by atoms with Crippen LogP contribution in [0.2, 0.25) is 0 Å². The van der Waals surface area contributed by atoms with Crippen molar-refractivity contribution >= 4 is 138 Å². The summed E-state index contributed by atoms with van der Waals surface area (Å²) < 4.78 is 167. The van der Waals surface area contributed by atoms with Crippen LogP contribution in [0, 0.1) is 31.4 Å². The van der Waals surface area contributed by atoms with E-state index >= 15 is 0 Å². The lowest BCUT2D eigenvalue weighted by atomic mass is 9.99. The summed E-state index contributed by atoms with van der Waals surface area (Å²) in [6.07, 6.45) is 0.709. The number of aliphatic carboxylic acids is 4. The lowest BCUT2D eigenvalue weighted by Crippen LogP contribution is -2.28. The molecule has 12 aromatic rings. The van der Waals surface area contributed by atoms with Crippen LogP contribution in [-0.2, 0) is 56.4 Å². The first-order valence-electron chi connectivity index (χ1n) is 43.1. The Morgan fingerprint density at radius 3 is 1.21 bits per heavy atom. The molecule has 0 radical (unpaired) electrons. The van der Waals surface area contributed by atoms with Crippen LogP contribution in [0.25, 0.3) is 44.1 Å². The Morgan fingerprint density at radius 1 is 0.414 bits per heavy atom. The third kappa shape index (κ3) is 30.8. The maximum Gasteiger partial charge on any atom is 0.490 e. The molecule has 5 aliphatic heterocycles. The van der Waals surface area contributed by atoms with Gasteiger partial charge in [0.15, 0.2) is 45.6 Å². The van der Waals surface area contributed by atoms with Gasteiger partial charge in [0.25, 0.3) is 17.7 Å². The number of hydrogen-bond donors (Lipinski definition) is 8. The summed E-state index contributed by atoms with van der Waals surface area (Å²) >= 11 is 0. The molecule has 0 saturated carbocycles. The van der Waals surface area contributed by atoms with E-state index in [2.05, 4.69) is 108 Å². The number of fused-ring (bicyclic) bond motifs is 4. The van der Waals surface area contributed by atoms with Gasteiger partial charge in [-0.05, 0) is 169 Å². The molecular weight excluding hydrogens is 1880 g/mol. The van der Waals surface area contributed by atoms with Crippen LogP contribution in [0.3, 0.4) is 0 Å². The van der Waals surface area contributed by atoms with Crippen molar-refractivity contribution in [2.24, 2.45) is 27.1 Å². The Hall–Kier alpha value is -14.8. The zero-order valence-electron chi connectivity index (χ0n) is 74.8. The lowest BCUT2D eigenvalue weighted by molar-refractivity contribution is -0.193. The number of carboxylic acid groups (broad SMARTS) is 4. The van der Waals surface area contributed by atoms with Gasteiger partial charge in [-0.2, -0.15) is 73.1 Å². The number of ether oxygens (including phenoxy) is 1. The molecule has 5 fully saturated rings. The smallest absolute Gasteiger partial charge is 0.475 e. The van der Waals surface area contributed by atoms with Gasteiger partial charge in [-0.25, -0.2) is 71.6 Å². The quantitative estimate of drug-likeness (QED) is 0.0469. The molecule has 0 bridgehead atoms. The minimum absolute atomic E-state index is 0. The van der Waals surface area contributed by atoms with Gasteiger partial charge >= 0.3 is 48.6 Å². The number of rotatable bonds is 14. The Morgan fingerprint density at radius 2 is 0.800 bits per heavy atom. The molecule has 10 aromatic heterocycles. The summed E-state index contributed by atoms with van der Waals surface area (Å²) in [6, 6.07) is 35.4. The van der Waals surface area contributed by atoms with Crippen molar-refractivity contribution < 1.29 is 125 Å².